The van der Waals surface area contributed by atoms with Crippen molar-refractivity contribution in [1.82, 2.24) is 4.72 Å². The van der Waals surface area contributed by atoms with E-state index in [0.29, 0.717) is 11.3 Å². The number of aryl methyl sites for hydroxylation is 2. The van der Waals surface area contributed by atoms with Crippen molar-refractivity contribution < 1.29 is 17.9 Å². The van der Waals surface area contributed by atoms with Gasteiger partial charge in [0.25, 0.3) is 0 Å². The average molecular weight is 376 g/mol. The number of carbonyl (C=O) groups excluding carboxylic acids is 1. The molecule has 0 saturated carbocycles. The van der Waals surface area contributed by atoms with Crippen LogP contribution in [0.3, 0.4) is 0 Å². The van der Waals surface area contributed by atoms with Crippen molar-refractivity contribution in [3.63, 3.8) is 0 Å². The molecule has 0 fully saturated rings. The van der Waals surface area contributed by atoms with Crippen molar-refractivity contribution in [3.05, 3.63) is 59.2 Å². The van der Waals surface area contributed by atoms with Crippen molar-refractivity contribution in [2.45, 2.75) is 26.3 Å². The zero-order valence-electron chi connectivity index (χ0n) is 15.4. The fourth-order valence-corrected chi connectivity index (χ4v) is 3.45. The molecule has 0 aromatic heterocycles. The van der Waals surface area contributed by atoms with Gasteiger partial charge in [-0.05, 0) is 42.7 Å². The van der Waals surface area contributed by atoms with Gasteiger partial charge in [0.2, 0.25) is 15.9 Å². The van der Waals surface area contributed by atoms with E-state index in [1.165, 1.54) is 0 Å². The maximum Gasteiger partial charge on any atom is 0.226 e. The number of benzene rings is 2. The molecule has 0 aliphatic heterocycles. The Morgan fingerprint density at radius 3 is 2.15 bits per heavy atom. The lowest BCUT2D eigenvalue weighted by Crippen LogP contribution is -2.30. The standard InChI is InChI=1S/C19H24N2O4S/c1-13-6-5-7-14(2)19(13)20-18(22)12-17(21-26(4,23)24)15-8-10-16(25-3)11-9-15/h5-11,17,21H,12H2,1-4H3,(H,20,22)/t17-/m0/s1. The van der Waals surface area contributed by atoms with Crippen molar-refractivity contribution in [2.75, 3.05) is 18.7 Å². The zero-order chi connectivity index (χ0) is 19.3. The highest BCUT2D eigenvalue weighted by Gasteiger charge is 2.20. The summed E-state index contributed by atoms with van der Waals surface area (Å²) in [4.78, 5) is 12.5. The summed E-state index contributed by atoms with van der Waals surface area (Å²) in [5.74, 6) is 0.395. The van der Waals surface area contributed by atoms with E-state index in [1.54, 1.807) is 31.4 Å². The van der Waals surface area contributed by atoms with Gasteiger partial charge in [0.1, 0.15) is 5.75 Å². The molecule has 0 heterocycles. The molecule has 0 saturated heterocycles. The summed E-state index contributed by atoms with van der Waals surface area (Å²) in [5.41, 5.74) is 3.35. The maximum atomic E-state index is 12.5. The summed E-state index contributed by atoms with van der Waals surface area (Å²) in [6.45, 7) is 3.83. The Bertz CT molecular complexity index is 857. The summed E-state index contributed by atoms with van der Waals surface area (Å²) in [7, 11) is -1.93. The van der Waals surface area contributed by atoms with Gasteiger partial charge in [0.05, 0.1) is 19.4 Å². The number of amides is 1. The van der Waals surface area contributed by atoms with Crippen LogP contribution in [0.5, 0.6) is 5.75 Å². The molecule has 2 aromatic carbocycles. The monoisotopic (exact) mass is 376 g/mol. The first kappa shape index (κ1) is 19.9. The van der Waals surface area contributed by atoms with E-state index < -0.39 is 16.1 Å². The Morgan fingerprint density at radius 2 is 1.65 bits per heavy atom. The second-order valence-corrected chi connectivity index (χ2v) is 8.01. The predicted molar refractivity (Wildman–Crippen MR) is 103 cm³/mol. The molecular weight excluding hydrogens is 352 g/mol. The van der Waals surface area contributed by atoms with Crippen LogP contribution in [-0.4, -0.2) is 27.7 Å². The molecule has 2 N–H and O–H groups in total. The van der Waals surface area contributed by atoms with Gasteiger partial charge < -0.3 is 10.1 Å². The minimum atomic E-state index is -3.48. The Kier molecular flexibility index (Phi) is 6.39. The van der Waals surface area contributed by atoms with E-state index in [2.05, 4.69) is 10.0 Å². The fourth-order valence-electron chi connectivity index (χ4n) is 2.71. The lowest BCUT2D eigenvalue weighted by Gasteiger charge is -2.19. The van der Waals surface area contributed by atoms with Gasteiger partial charge in [-0.2, -0.15) is 0 Å². The normalized spacial score (nSPS) is 12.5. The Morgan fingerprint density at radius 1 is 1.08 bits per heavy atom. The average Bonchev–Trinajstić information content (AvgIpc) is 2.56. The highest BCUT2D eigenvalue weighted by molar-refractivity contribution is 7.88. The molecule has 7 heteroatoms. The SMILES string of the molecule is COc1ccc([C@H](CC(=O)Nc2c(C)cccc2C)NS(C)(=O)=O)cc1. The number of nitrogens with one attached hydrogen (secondary N) is 2. The van der Waals surface area contributed by atoms with E-state index in [1.807, 2.05) is 32.0 Å². The van der Waals surface area contributed by atoms with Crippen LogP contribution in [0.25, 0.3) is 0 Å². The summed E-state index contributed by atoms with van der Waals surface area (Å²) < 4.78 is 31.1. The molecule has 0 spiro atoms. The number of hydrogen-bond donors (Lipinski definition) is 2. The van der Waals surface area contributed by atoms with Crippen LogP contribution in [0.1, 0.15) is 29.2 Å². The molecule has 0 unspecified atom stereocenters. The number of sulfonamides is 1. The van der Waals surface area contributed by atoms with Gasteiger partial charge in [0.15, 0.2) is 0 Å². The largest absolute Gasteiger partial charge is 0.497 e. The van der Waals surface area contributed by atoms with Crippen LogP contribution in [0, 0.1) is 13.8 Å². The summed E-state index contributed by atoms with van der Waals surface area (Å²) in [6.07, 6.45) is 1.06. The Labute approximate surface area is 154 Å². The molecular formula is C19H24N2O4S. The van der Waals surface area contributed by atoms with Gasteiger partial charge >= 0.3 is 0 Å². The molecule has 26 heavy (non-hydrogen) atoms. The van der Waals surface area contributed by atoms with Gasteiger partial charge in [-0.3, -0.25) is 4.79 Å². The van der Waals surface area contributed by atoms with Crippen LogP contribution in [0.4, 0.5) is 5.69 Å². The van der Waals surface area contributed by atoms with Crippen LogP contribution < -0.4 is 14.8 Å². The number of methoxy groups -OCH3 is 1. The number of rotatable bonds is 7. The molecule has 140 valence electrons. The second kappa shape index (κ2) is 8.33. The topological polar surface area (TPSA) is 84.5 Å². The van der Waals surface area contributed by atoms with Crippen LogP contribution in [0.15, 0.2) is 42.5 Å². The Balaban J connectivity index is 2.21. The van der Waals surface area contributed by atoms with Crippen LogP contribution in [0.2, 0.25) is 0 Å². The van der Waals surface area contributed by atoms with Crippen molar-refractivity contribution in [2.24, 2.45) is 0 Å². The quantitative estimate of drug-likeness (QED) is 0.778. The smallest absolute Gasteiger partial charge is 0.226 e. The third kappa shape index (κ3) is 5.57. The number of para-hydroxylation sites is 1. The number of ether oxygens (including phenoxy) is 1. The van der Waals surface area contributed by atoms with E-state index in [-0.39, 0.29) is 12.3 Å². The van der Waals surface area contributed by atoms with Gasteiger partial charge in [0, 0.05) is 12.1 Å². The second-order valence-electron chi connectivity index (χ2n) is 6.23. The highest BCUT2D eigenvalue weighted by Crippen LogP contribution is 2.24. The summed E-state index contributed by atoms with van der Waals surface area (Å²) in [5, 5.41) is 2.89. The maximum absolute atomic E-state index is 12.5. The lowest BCUT2D eigenvalue weighted by molar-refractivity contribution is -0.116. The molecule has 1 amide bonds. The van der Waals surface area contributed by atoms with Crippen LogP contribution in [-0.2, 0) is 14.8 Å². The molecule has 0 aliphatic carbocycles. The number of anilines is 1. The fraction of sp³-hybridized carbons (Fsp3) is 0.316. The first-order valence-corrected chi connectivity index (χ1v) is 10.1. The van der Waals surface area contributed by atoms with Crippen molar-refractivity contribution in [1.29, 1.82) is 0 Å². The lowest BCUT2D eigenvalue weighted by atomic mass is 10.0. The zero-order valence-corrected chi connectivity index (χ0v) is 16.2. The molecule has 0 aliphatic rings. The van der Waals surface area contributed by atoms with E-state index in [0.717, 1.165) is 23.1 Å². The van der Waals surface area contributed by atoms with Gasteiger partial charge in [-0.1, -0.05) is 30.3 Å². The molecule has 2 rings (SSSR count). The van der Waals surface area contributed by atoms with Gasteiger partial charge in [-0.15, -0.1) is 0 Å². The molecule has 2 aromatic rings. The van der Waals surface area contributed by atoms with Crippen molar-refractivity contribution >= 4 is 21.6 Å². The highest BCUT2D eigenvalue weighted by atomic mass is 32.2. The van der Waals surface area contributed by atoms with E-state index in [9.17, 15) is 13.2 Å². The number of carbonyl (C=O) groups is 1. The molecule has 0 bridgehead atoms. The predicted octanol–water partition coefficient (Wildman–Crippen LogP) is 2.93. The molecule has 1 atom stereocenters. The summed E-state index contributed by atoms with van der Waals surface area (Å²) >= 11 is 0. The first-order chi connectivity index (χ1) is 12.2. The van der Waals surface area contributed by atoms with E-state index >= 15 is 0 Å². The third-order valence-electron chi connectivity index (χ3n) is 4.01. The van der Waals surface area contributed by atoms with Gasteiger partial charge in [-0.25, -0.2) is 13.1 Å². The van der Waals surface area contributed by atoms with E-state index in [4.69, 9.17) is 4.74 Å². The van der Waals surface area contributed by atoms with Crippen molar-refractivity contribution in [3.8, 4) is 5.75 Å². The van der Waals surface area contributed by atoms with Crippen LogP contribution >= 0.6 is 0 Å². The molecule has 6 nitrogen and oxygen atoms in total. The minimum absolute atomic E-state index is 0.0207. The summed E-state index contributed by atoms with van der Waals surface area (Å²) in [6, 6.07) is 12.0. The third-order valence-corrected chi connectivity index (χ3v) is 4.72. The molecule has 0 radical (unpaired) electrons. The Hall–Kier alpha value is -2.38. The first-order valence-electron chi connectivity index (χ1n) is 8.17. The minimum Gasteiger partial charge on any atom is -0.497 e. The number of hydrogen-bond acceptors (Lipinski definition) is 4.